The van der Waals surface area contributed by atoms with Crippen molar-refractivity contribution < 1.29 is 9.59 Å². The van der Waals surface area contributed by atoms with E-state index in [0.717, 1.165) is 32.5 Å². The quantitative estimate of drug-likeness (QED) is 0.734. The summed E-state index contributed by atoms with van der Waals surface area (Å²) in [5.74, 6) is 0.512. The maximum absolute atomic E-state index is 11.5. The van der Waals surface area contributed by atoms with Crippen molar-refractivity contribution in [3.05, 3.63) is 0 Å². The Hall–Kier alpha value is -0.900. The summed E-state index contributed by atoms with van der Waals surface area (Å²) in [5.41, 5.74) is -0.0348. The zero-order valence-electron chi connectivity index (χ0n) is 10.8. The van der Waals surface area contributed by atoms with Gasteiger partial charge in [0.25, 0.3) is 0 Å². The molecule has 0 aromatic carbocycles. The molecule has 0 unspecified atom stereocenters. The molecule has 2 aliphatic heterocycles. The van der Waals surface area contributed by atoms with Gasteiger partial charge in [-0.05, 0) is 37.3 Å². The molecule has 0 atom stereocenters. The highest BCUT2D eigenvalue weighted by molar-refractivity contribution is 5.98. The van der Waals surface area contributed by atoms with Crippen LogP contribution >= 0.6 is 0 Å². The number of hydrogen-bond donors (Lipinski definition) is 1. The van der Waals surface area contributed by atoms with Crippen molar-refractivity contribution in [2.45, 2.75) is 39.5 Å². The molecule has 2 amide bonds. The van der Waals surface area contributed by atoms with Gasteiger partial charge in [0.2, 0.25) is 11.8 Å². The van der Waals surface area contributed by atoms with Gasteiger partial charge in [-0.25, -0.2) is 0 Å². The van der Waals surface area contributed by atoms with E-state index in [9.17, 15) is 9.59 Å². The van der Waals surface area contributed by atoms with Crippen molar-refractivity contribution in [3.8, 4) is 0 Å². The van der Waals surface area contributed by atoms with Crippen molar-refractivity contribution >= 4 is 11.8 Å². The molecule has 17 heavy (non-hydrogen) atoms. The standard InChI is InChI=1S/C13H22N2O2/c1-10(2)9-15-5-3-13(4-6-15)7-11(16)14-12(17)8-13/h10H,3-9H2,1-2H3,(H,14,16,17). The Labute approximate surface area is 103 Å². The van der Waals surface area contributed by atoms with E-state index < -0.39 is 0 Å². The molecule has 1 spiro atoms. The fraction of sp³-hybridized carbons (Fsp3) is 0.846. The van der Waals surface area contributed by atoms with Gasteiger partial charge in [0.15, 0.2) is 0 Å². The fourth-order valence-corrected chi connectivity index (χ4v) is 3.07. The second-order valence-corrected chi connectivity index (χ2v) is 6.02. The van der Waals surface area contributed by atoms with Crippen LogP contribution in [0.1, 0.15) is 39.5 Å². The lowest BCUT2D eigenvalue weighted by atomic mass is 9.71. The van der Waals surface area contributed by atoms with Gasteiger partial charge in [-0.3, -0.25) is 14.9 Å². The normalized spacial score (nSPS) is 25.4. The Bertz CT molecular complexity index is 299. The Morgan fingerprint density at radius 3 is 2.18 bits per heavy atom. The molecule has 0 saturated carbocycles. The van der Waals surface area contributed by atoms with Crippen LogP contribution in [0.15, 0.2) is 0 Å². The Kier molecular flexibility index (Phi) is 3.52. The summed E-state index contributed by atoms with van der Waals surface area (Å²) in [6.07, 6.45) is 3.04. The van der Waals surface area contributed by atoms with Crippen LogP contribution in [-0.4, -0.2) is 36.3 Å². The summed E-state index contributed by atoms with van der Waals surface area (Å²) in [4.78, 5) is 25.4. The second kappa shape index (κ2) is 4.77. The van der Waals surface area contributed by atoms with Crippen molar-refractivity contribution in [1.29, 1.82) is 0 Å². The third-order valence-electron chi connectivity index (χ3n) is 3.89. The molecule has 0 bridgehead atoms. The SMILES string of the molecule is CC(C)CN1CCC2(CC1)CC(=O)NC(=O)C2. The summed E-state index contributed by atoms with van der Waals surface area (Å²) in [6, 6.07) is 0. The minimum Gasteiger partial charge on any atom is -0.303 e. The number of piperidine rings is 2. The van der Waals surface area contributed by atoms with Gasteiger partial charge >= 0.3 is 0 Å². The van der Waals surface area contributed by atoms with Crippen LogP contribution in [0, 0.1) is 11.3 Å². The van der Waals surface area contributed by atoms with Gasteiger partial charge in [-0.1, -0.05) is 13.8 Å². The zero-order chi connectivity index (χ0) is 12.5. The van der Waals surface area contributed by atoms with Gasteiger partial charge in [0.05, 0.1) is 0 Å². The number of carbonyl (C=O) groups is 2. The van der Waals surface area contributed by atoms with E-state index >= 15 is 0 Å². The first-order valence-corrected chi connectivity index (χ1v) is 6.54. The molecule has 2 aliphatic rings. The summed E-state index contributed by atoms with van der Waals surface area (Å²) >= 11 is 0. The number of carbonyl (C=O) groups excluding carboxylic acids is 2. The van der Waals surface area contributed by atoms with Gasteiger partial charge in [-0.15, -0.1) is 0 Å². The van der Waals surface area contributed by atoms with Crippen LogP contribution in [-0.2, 0) is 9.59 Å². The average Bonchev–Trinajstić information content (AvgIpc) is 2.19. The highest BCUT2D eigenvalue weighted by atomic mass is 16.2. The van der Waals surface area contributed by atoms with E-state index in [1.54, 1.807) is 0 Å². The number of hydrogen-bond acceptors (Lipinski definition) is 3. The number of amides is 2. The van der Waals surface area contributed by atoms with Crippen molar-refractivity contribution in [2.24, 2.45) is 11.3 Å². The largest absolute Gasteiger partial charge is 0.303 e. The van der Waals surface area contributed by atoms with E-state index in [0.29, 0.717) is 18.8 Å². The number of imide groups is 1. The van der Waals surface area contributed by atoms with E-state index in [1.807, 2.05) is 0 Å². The predicted molar refractivity (Wildman–Crippen MR) is 65.3 cm³/mol. The van der Waals surface area contributed by atoms with E-state index in [4.69, 9.17) is 0 Å². The molecule has 4 heteroatoms. The van der Waals surface area contributed by atoms with Gasteiger partial charge in [-0.2, -0.15) is 0 Å². The van der Waals surface area contributed by atoms with Crippen molar-refractivity contribution in [2.75, 3.05) is 19.6 Å². The van der Waals surface area contributed by atoms with Crippen LogP contribution in [0.3, 0.4) is 0 Å². The van der Waals surface area contributed by atoms with Crippen molar-refractivity contribution in [3.63, 3.8) is 0 Å². The summed E-state index contributed by atoms with van der Waals surface area (Å²) in [7, 11) is 0. The number of likely N-dealkylation sites (tertiary alicyclic amines) is 1. The zero-order valence-corrected chi connectivity index (χ0v) is 10.8. The monoisotopic (exact) mass is 238 g/mol. The Morgan fingerprint density at radius 2 is 1.71 bits per heavy atom. The molecular weight excluding hydrogens is 216 g/mol. The third kappa shape index (κ3) is 3.06. The third-order valence-corrected chi connectivity index (χ3v) is 3.89. The van der Waals surface area contributed by atoms with Crippen LogP contribution in [0.2, 0.25) is 0 Å². The molecule has 2 saturated heterocycles. The smallest absolute Gasteiger partial charge is 0.227 e. The fourth-order valence-electron chi connectivity index (χ4n) is 3.07. The van der Waals surface area contributed by atoms with E-state index in [2.05, 4.69) is 24.1 Å². The molecule has 2 heterocycles. The number of nitrogens with one attached hydrogen (secondary N) is 1. The maximum Gasteiger partial charge on any atom is 0.227 e. The Balaban J connectivity index is 1.92. The number of nitrogens with zero attached hydrogens (tertiary/aromatic N) is 1. The molecule has 96 valence electrons. The lowest BCUT2D eigenvalue weighted by Gasteiger charge is -2.43. The van der Waals surface area contributed by atoms with Crippen LogP contribution in [0.25, 0.3) is 0 Å². The van der Waals surface area contributed by atoms with Gasteiger partial charge < -0.3 is 4.90 Å². The molecule has 0 aliphatic carbocycles. The molecule has 1 N–H and O–H groups in total. The van der Waals surface area contributed by atoms with E-state index in [-0.39, 0.29) is 17.2 Å². The molecule has 0 aromatic heterocycles. The molecule has 2 rings (SSSR count). The molecule has 2 fully saturated rings. The van der Waals surface area contributed by atoms with Crippen LogP contribution in [0.4, 0.5) is 0 Å². The van der Waals surface area contributed by atoms with Gasteiger partial charge in [0.1, 0.15) is 0 Å². The predicted octanol–water partition coefficient (Wildman–Crippen LogP) is 1.16. The Morgan fingerprint density at radius 1 is 1.18 bits per heavy atom. The first kappa shape index (κ1) is 12.6. The molecule has 0 radical (unpaired) electrons. The van der Waals surface area contributed by atoms with Crippen LogP contribution < -0.4 is 5.32 Å². The van der Waals surface area contributed by atoms with Gasteiger partial charge in [0, 0.05) is 19.4 Å². The molecule has 4 nitrogen and oxygen atoms in total. The van der Waals surface area contributed by atoms with Crippen molar-refractivity contribution in [1.82, 2.24) is 10.2 Å². The second-order valence-electron chi connectivity index (χ2n) is 6.02. The minimum absolute atomic E-state index is 0.0348. The molecule has 0 aromatic rings. The average molecular weight is 238 g/mol. The number of rotatable bonds is 2. The topological polar surface area (TPSA) is 49.4 Å². The summed E-state index contributed by atoms with van der Waals surface area (Å²) in [6.45, 7) is 7.62. The molecular formula is C13H22N2O2. The lowest BCUT2D eigenvalue weighted by molar-refractivity contribution is -0.139. The first-order chi connectivity index (χ1) is 7.99. The highest BCUT2D eigenvalue weighted by Crippen LogP contribution is 2.40. The summed E-state index contributed by atoms with van der Waals surface area (Å²) < 4.78 is 0. The minimum atomic E-state index is -0.0847. The van der Waals surface area contributed by atoms with E-state index in [1.165, 1.54) is 0 Å². The summed E-state index contributed by atoms with van der Waals surface area (Å²) in [5, 5.41) is 2.40. The highest BCUT2D eigenvalue weighted by Gasteiger charge is 2.41. The lowest BCUT2D eigenvalue weighted by Crippen LogP contribution is -2.50. The first-order valence-electron chi connectivity index (χ1n) is 6.54. The van der Waals surface area contributed by atoms with Crippen LogP contribution in [0.5, 0.6) is 0 Å². The maximum atomic E-state index is 11.5.